The van der Waals surface area contributed by atoms with E-state index in [-0.39, 0.29) is 0 Å². The van der Waals surface area contributed by atoms with Gasteiger partial charge in [0.2, 0.25) is 0 Å². The molecule has 0 unspecified atom stereocenters. The van der Waals surface area contributed by atoms with Gasteiger partial charge in [0.05, 0.1) is 5.69 Å². The summed E-state index contributed by atoms with van der Waals surface area (Å²) in [4.78, 5) is 4.53. The van der Waals surface area contributed by atoms with Crippen LogP contribution in [0.4, 0.5) is 0 Å². The Bertz CT molecular complexity index is 572. The third-order valence-corrected chi connectivity index (χ3v) is 5.19. The van der Waals surface area contributed by atoms with Crippen LogP contribution < -0.4 is 5.32 Å². The van der Waals surface area contributed by atoms with Crippen molar-refractivity contribution in [3.8, 4) is 0 Å². The summed E-state index contributed by atoms with van der Waals surface area (Å²) in [5.41, 5.74) is 3.46. The summed E-state index contributed by atoms with van der Waals surface area (Å²) in [6.07, 6.45) is 0. The fourth-order valence-electron chi connectivity index (χ4n) is 1.96. The SMILES string of the molecule is Cc1csc(Sc2c(CNCC(C)C)c(C)nn2C)n1. The molecular weight excluding hydrogens is 288 g/mol. The molecule has 0 saturated carbocycles. The van der Waals surface area contributed by atoms with Crippen LogP contribution in [0.5, 0.6) is 0 Å². The molecule has 0 aromatic carbocycles. The van der Waals surface area contributed by atoms with Crippen LogP contribution in [0.3, 0.4) is 0 Å². The van der Waals surface area contributed by atoms with Crippen LogP contribution in [-0.2, 0) is 13.6 Å². The lowest BCUT2D eigenvalue weighted by atomic mass is 10.2. The minimum atomic E-state index is 0.657. The molecule has 110 valence electrons. The average molecular weight is 310 g/mol. The van der Waals surface area contributed by atoms with Crippen molar-refractivity contribution >= 4 is 23.1 Å². The second kappa shape index (κ2) is 6.74. The van der Waals surface area contributed by atoms with Gasteiger partial charge in [0.25, 0.3) is 0 Å². The first-order valence-electron chi connectivity index (χ1n) is 6.80. The Kier molecular flexibility index (Phi) is 5.23. The number of nitrogens with one attached hydrogen (secondary N) is 1. The van der Waals surface area contributed by atoms with Gasteiger partial charge in [-0.25, -0.2) is 4.98 Å². The van der Waals surface area contributed by atoms with Crippen molar-refractivity contribution in [2.24, 2.45) is 13.0 Å². The fraction of sp³-hybridized carbons (Fsp3) is 0.571. The van der Waals surface area contributed by atoms with E-state index >= 15 is 0 Å². The van der Waals surface area contributed by atoms with Gasteiger partial charge in [-0.2, -0.15) is 5.10 Å². The van der Waals surface area contributed by atoms with Crippen LogP contribution in [0.25, 0.3) is 0 Å². The highest BCUT2D eigenvalue weighted by Crippen LogP contribution is 2.33. The topological polar surface area (TPSA) is 42.7 Å². The molecule has 4 nitrogen and oxygen atoms in total. The number of aromatic nitrogens is 3. The summed E-state index contributed by atoms with van der Waals surface area (Å²) < 4.78 is 3.04. The van der Waals surface area contributed by atoms with Gasteiger partial charge < -0.3 is 5.32 Å². The zero-order chi connectivity index (χ0) is 14.7. The highest BCUT2D eigenvalue weighted by molar-refractivity contribution is 8.01. The molecule has 0 fully saturated rings. The van der Waals surface area contributed by atoms with E-state index in [0.717, 1.165) is 28.8 Å². The predicted molar refractivity (Wildman–Crippen MR) is 85.5 cm³/mol. The molecule has 0 aliphatic heterocycles. The minimum Gasteiger partial charge on any atom is -0.312 e. The lowest BCUT2D eigenvalue weighted by Gasteiger charge is -2.08. The summed E-state index contributed by atoms with van der Waals surface area (Å²) >= 11 is 3.40. The van der Waals surface area contributed by atoms with Crippen molar-refractivity contribution in [1.29, 1.82) is 0 Å². The number of aryl methyl sites for hydroxylation is 3. The molecule has 0 amide bonds. The van der Waals surface area contributed by atoms with Crippen LogP contribution in [0.1, 0.15) is 30.8 Å². The van der Waals surface area contributed by atoms with Crippen molar-refractivity contribution in [3.05, 3.63) is 22.3 Å². The van der Waals surface area contributed by atoms with Gasteiger partial charge in [-0.15, -0.1) is 11.3 Å². The zero-order valence-corrected chi connectivity index (χ0v) is 14.4. The summed E-state index contributed by atoms with van der Waals surface area (Å²) in [5, 5.41) is 11.3. The molecule has 20 heavy (non-hydrogen) atoms. The maximum Gasteiger partial charge on any atom is 0.156 e. The van der Waals surface area contributed by atoms with E-state index in [9.17, 15) is 0 Å². The first kappa shape index (κ1) is 15.5. The summed E-state index contributed by atoms with van der Waals surface area (Å²) in [6, 6.07) is 0. The molecule has 0 atom stereocenters. The maximum absolute atomic E-state index is 4.54. The smallest absolute Gasteiger partial charge is 0.156 e. The highest BCUT2D eigenvalue weighted by atomic mass is 32.2. The second-order valence-electron chi connectivity index (χ2n) is 5.37. The third-order valence-electron chi connectivity index (χ3n) is 2.93. The maximum atomic E-state index is 4.54. The minimum absolute atomic E-state index is 0.657. The van der Waals surface area contributed by atoms with Crippen molar-refractivity contribution in [1.82, 2.24) is 20.1 Å². The molecule has 2 aromatic rings. The van der Waals surface area contributed by atoms with Crippen LogP contribution in [0.15, 0.2) is 14.7 Å². The third kappa shape index (κ3) is 3.84. The first-order chi connectivity index (χ1) is 9.47. The lowest BCUT2D eigenvalue weighted by molar-refractivity contribution is 0.548. The van der Waals surface area contributed by atoms with Gasteiger partial charge in [-0.3, -0.25) is 4.68 Å². The van der Waals surface area contributed by atoms with Crippen LogP contribution in [0, 0.1) is 19.8 Å². The zero-order valence-electron chi connectivity index (χ0n) is 12.7. The number of thiazole rings is 1. The summed E-state index contributed by atoms with van der Waals surface area (Å²) in [6.45, 7) is 10.4. The quantitative estimate of drug-likeness (QED) is 0.888. The second-order valence-corrected chi connectivity index (χ2v) is 7.47. The van der Waals surface area contributed by atoms with E-state index in [2.05, 4.69) is 41.6 Å². The van der Waals surface area contributed by atoms with Gasteiger partial charge in [-0.05, 0) is 38.1 Å². The van der Waals surface area contributed by atoms with E-state index in [1.54, 1.807) is 23.1 Å². The Morgan fingerprint density at radius 3 is 2.75 bits per heavy atom. The Morgan fingerprint density at radius 2 is 2.15 bits per heavy atom. The van der Waals surface area contributed by atoms with Crippen molar-refractivity contribution in [3.63, 3.8) is 0 Å². The summed E-state index contributed by atoms with van der Waals surface area (Å²) in [7, 11) is 2.00. The molecule has 0 aliphatic carbocycles. The standard InChI is InChI=1S/C14H22N4S2/c1-9(2)6-15-7-12-11(4)17-18(5)13(12)20-14-16-10(3)8-19-14/h8-9,15H,6-7H2,1-5H3. The monoisotopic (exact) mass is 310 g/mol. The molecule has 2 heterocycles. The fourth-order valence-corrected chi connectivity index (χ4v) is 3.93. The molecule has 1 N–H and O–H groups in total. The molecular formula is C14H22N4S2. The van der Waals surface area contributed by atoms with Crippen LogP contribution >= 0.6 is 23.1 Å². The Labute approximate surface area is 129 Å². The van der Waals surface area contributed by atoms with E-state index < -0.39 is 0 Å². The van der Waals surface area contributed by atoms with Crippen LogP contribution in [0.2, 0.25) is 0 Å². The van der Waals surface area contributed by atoms with Crippen molar-refractivity contribution in [2.45, 2.75) is 43.6 Å². The van der Waals surface area contributed by atoms with Gasteiger partial charge >= 0.3 is 0 Å². The molecule has 0 aliphatic rings. The molecule has 0 radical (unpaired) electrons. The average Bonchev–Trinajstić information content (AvgIpc) is 2.87. The Balaban J connectivity index is 2.14. The van der Waals surface area contributed by atoms with E-state index in [1.807, 2.05) is 18.7 Å². The number of nitrogens with zero attached hydrogens (tertiary/aromatic N) is 3. The van der Waals surface area contributed by atoms with Crippen LogP contribution in [-0.4, -0.2) is 21.3 Å². The predicted octanol–water partition coefficient (Wildman–Crippen LogP) is 3.39. The molecule has 0 spiro atoms. The molecule has 0 saturated heterocycles. The number of hydrogen-bond donors (Lipinski definition) is 1. The Morgan fingerprint density at radius 1 is 1.40 bits per heavy atom. The first-order valence-corrected chi connectivity index (χ1v) is 8.50. The lowest BCUT2D eigenvalue weighted by Crippen LogP contribution is -2.19. The normalized spacial score (nSPS) is 11.5. The van der Waals surface area contributed by atoms with E-state index in [0.29, 0.717) is 5.92 Å². The molecule has 6 heteroatoms. The van der Waals surface area contributed by atoms with Gasteiger partial charge in [-0.1, -0.05) is 13.8 Å². The largest absolute Gasteiger partial charge is 0.312 e. The van der Waals surface area contributed by atoms with E-state index in [4.69, 9.17) is 0 Å². The van der Waals surface area contributed by atoms with Crippen molar-refractivity contribution in [2.75, 3.05) is 6.54 Å². The van der Waals surface area contributed by atoms with Crippen molar-refractivity contribution < 1.29 is 0 Å². The van der Waals surface area contributed by atoms with Gasteiger partial charge in [0, 0.05) is 30.2 Å². The Hall–Kier alpha value is -0.850. The van der Waals surface area contributed by atoms with Gasteiger partial charge in [0.1, 0.15) is 5.03 Å². The number of rotatable bonds is 6. The van der Waals surface area contributed by atoms with Gasteiger partial charge in [0.15, 0.2) is 4.34 Å². The summed E-state index contributed by atoms with van der Waals surface area (Å²) in [5.74, 6) is 0.657. The molecule has 2 rings (SSSR count). The number of hydrogen-bond acceptors (Lipinski definition) is 5. The highest BCUT2D eigenvalue weighted by Gasteiger charge is 2.15. The molecule has 2 aromatic heterocycles. The molecule has 0 bridgehead atoms. The van der Waals surface area contributed by atoms with E-state index in [1.165, 1.54) is 10.6 Å².